The van der Waals surface area contributed by atoms with Gasteiger partial charge in [0.25, 0.3) is 0 Å². The fraction of sp³-hybridized carbons (Fsp3) is 0.308. The van der Waals surface area contributed by atoms with Gasteiger partial charge in [0, 0.05) is 34.7 Å². The number of nitrogens with zero attached hydrogens (tertiary/aromatic N) is 4. The summed E-state index contributed by atoms with van der Waals surface area (Å²) in [5.74, 6) is 0.832. The largest absolute Gasteiger partial charge is 0.423 e. The minimum atomic E-state index is -2.28. The number of nitrogens with one attached hydrogen (secondary N) is 3. The standard InChI is InChI=1S/C26H26FN7O2/c1-4-35-13-26(25-34-33-15(3)36-25)23-17(16-7-5-6-8-19(16)30-23)11-21(32-26)24-28-12-22(31-24)20-10-9-18(27)14(2)29-20/h5-10,12,21,30,32H,4,11,13H2,1-3H3,(H,28,31)/t21-,26?/m1/s1/i1D3. The molecule has 36 heavy (non-hydrogen) atoms. The third kappa shape index (κ3) is 3.61. The van der Waals surface area contributed by atoms with Crippen molar-refractivity contribution in [2.75, 3.05) is 13.2 Å². The third-order valence-electron chi connectivity index (χ3n) is 6.59. The molecule has 0 amide bonds. The molecule has 0 bridgehead atoms. The highest BCUT2D eigenvalue weighted by Crippen LogP contribution is 2.42. The Balaban J connectivity index is 1.47. The normalized spacial score (nSPS) is 21.2. The third-order valence-corrected chi connectivity index (χ3v) is 6.59. The van der Waals surface area contributed by atoms with Crippen molar-refractivity contribution in [2.24, 2.45) is 0 Å². The van der Waals surface area contributed by atoms with Crippen LogP contribution in [0.5, 0.6) is 0 Å². The topological polar surface area (TPSA) is 118 Å². The summed E-state index contributed by atoms with van der Waals surface area (Å²) in [6, 6.07) is 10.5. The van der Waals surface area contributed by atoms with Gasteiger partial charge in [0.2, 0.25) is 11.8 Å². The second-order valence-electron chi connectivity index (χ2n) is 8.88. The lowest BCUT2D eigenvalue weighted by atomic mass is 9.83. The number of rotatable bonds is 6. The van der Waals surface area contributed by atoms with Gasteiger partial charge in [-0.3, -0.25) is 5.32 Å². The van der Waals surface area contributed by atoms with Crippen LogP contribution in [0.25, 0.3) is 22.3 Å². The van der Waals surface area contributed by atoms with E-state index in [4.69, 9.17) is 18.3 Å². The smallest absolute Gasteiger partial charge is 0.244 e. The molecule has 1 aliphatic rings. The molecule has 5 heterocycles. The summed E-state index contributed by atoms with van der Waals surface area (Å²) in [6.07, 6.45) is 2.28. The molecule has 1 unspecified atom stereocenters. The maximum atomic E-state index is 13.8. The highest BCUT2D eigenvalue weighted by Gasteiger charge is 2.49. The van der Waals surface area contributed by atoms with Crippen LogP contribution in [-0.4, -0.2) is 43.3 Å². The quantitative estimate of drug-likeness (QED) is 0.326. The monoisotopic (exact) mass is 490 g/mol. The molecule has 4 aromatic heterocycles. The molecule has 6 rings (SSSR count). The SMILES string of the molecule is [2H]C([2H])([2H])COCC1(c2nnc(C)o2)N[C@@H](c2nc(-c3ccc(F)c(C)n3)c[nH]2)Cc2c1[nH]c1ccccc21. The zero-order valence-electron chi connectivity index (χ0n) is 22.7. The zero-order valence-corrected chi connectivity index (χ0v) is 19.7. The van der Waals surface area contributed by atoms with E-state index in [1.807, 2.05) is 24.3 Å². The van der Waals surface area contributed by atoms with Gasteiger partial charge in [0.15, 0.2) is 5.54 Å². The van der Waals surface area contributed by atoms with E-state index in [0.29, 0.717) is 29.5 Å². The summed E-state index contributed by atoms with van der Waals surface area (Å²) in [4.78, 5) is 15.8. The molecule has 0 spiro atoms. The Kier molecular flexibility index (Phi) is 4.64. The van der Waals surface area contributed by atoms with Crippen LogP contribution in [0.1, 0.15) is 51.6 Å². The maximum Gasteiger partial charge on any atom is 0.244 e. The summed E-state index contributed by atoms with van der Waals surface area (Å²) < 4.78 is 48.4. The highest BCUT2D eigenvalue weighted by atomic mass is 19.1. The van der Waals surface area contributed by atoms with E-state index in [1.54, 1.807) is 26.1 Å². The van der Waals surface area contributed by atoms with E-state index in [2.05, 4.69) is 30.5 Å². The molecule has 0 fully saturated rings. The number of halogens is 1. The van der Waals surface area contributed by atoms with Crippen LogP contribution in [-0.2, 0) is 16.7 Å². The van der Waals surface area contributed by atoms with E-state index < -0.39 is 19.0 Å². The average Bonchev–Trinajstić information content (AvgIpc) is 3.64. The van der Waals surface area contributed by atoms with Crippen molar-refractivity contribution in [3.8, 4) is 11.4 Å². The lowest BCUT2D eigenvalue weighted by molar-refractivity contribution is 0.0657. The molecule has 9 nitrogen and oxygen atoms in total. The summed E-state index contributed by atoms with van der Waals surface area (Å²) in [5.41, 5.74) is 2.87. The molecule has 184 valence electrons. The molecule has 3 N–H and O–H groups in total. The van der Waals surface area contributed by atoms with Gasteiger partial charge in [-0.2, -0.15) is 0 Å². The number of imidazole rings is 1. The van der Waals surface area contributed by atoms with Crippen molar-refractivity contribution in [1.29, 1.82) is 0 Å². The van der Waals surface area contributed by atoms with Crippen LogP contribution >= 0.6 is 0 Å². The number of aromatic amines is 2. The zero-order chi connectivity index (χ0) is 27.4. The molecule has 10 heteroatoms. The minimum absolute atomic E-state index is 0.0877. The summed E-state index contributed by atoms with van der Waals surface area (Å²) >= 11 is 0. The number of pyridine rings is 1. The van der Waals surface area contributed by atoms with Crippen LogP contribution in [0, 0.1) is 19.7 Å². The number of H-pyrrole nitrogens is 2. The molecular formula is C26H26FN7O2. The van der Waals surface area contributed by atoms with Crippen LogP contribution in [0.15, 0.2) is 47.0 Å². The number of fused-ring (bicyclic) bond motifs is 3. The van der Waals surface area contributed by atoms with Crippen molar-refractivity contribution in [2.45, 2.75) is 38.7 Å². The van der Waals surface area contributed by atoms with E-state index >= 15 is 0 Å². The fourth-order valence-corrected chi connectivity index (χ4v) is 4.92. The fourth-order valence-electron chi connectivity index (χ4n) is 4.92. The Morgan fingerprint density at radius 2 is 2.06 bits per heavy atom. The number of benzene rings is 1. The van der Waals surface area contributed by atoms with E-state index in [-0.39, 0.29) is 30.1 Å². The first kappa shape index (κ1) is 19.3. The Bertz CT molecular complexity index is 1660. The van der Waals surface area contributed by atoms with Crippen LogP contribution in [0.3, 0.4) is 0 Å². The Hall–Kier alpha value is -3.89. The van der Waals surface area contributed by atoms with Gasteiger partial charge < -0.3 is 19.1 Å². The molecule has 0 aliphatic carbocycles. The van der Waals surface area contributed by atoms with E-state index in [1.165, 1.54) is 6.07 Å². The number of para-hydroxylation sites is 1. The predicted molar refractivity (Wildman–Crippen MR) is 131 cm³/mol. The van der Waals surface area contributed by atoms with Crippen molar-refractivity contribution < 1.29 is 17.7 Å². The predicted octanol–water partition coefficient (Wildman–Crippen LogP) is 4.26. The second-order valence-corrected chi connectivity index (χ2v) is 8.88. The molecule has 0 saturated heterocycles. The van der Waals surface area contributed by atoms with E-state index in [9.17, 15) is 4.39 Å². The number of aromatic nitrogens is 6. The summed E-state index contributed by atoms with van der Waals surface area (Å²) in [6.45, 7) is 0.476. The van der Waals surface area contributed by atoms with Crippen molar-refractivity contribution in [1.82, 2.24) is 35.5 Å². The summed E-state index contributed by atoms with van der Waals surface area (Å²) in [7, 11) is 0. The second kappa shape index (κ2) is 8.65. The molecule has 0 saturated carbocycles. The Labute approximate surface area is 210 Å². The number of aryl methyl sites for hydroxylation is 2. The van der Waals surface area contributed by atoms with Gasteiger partial charge in [0.1, 0.15) is 17.3 Å². The van der Waals surface area contributed by atoms with Gasteiger partial charge in [0.05, 0.1) is 29.7 Å². The molecule has 2 atom stereocenters. The van der Waals surface area contributed by atoms with Gasteiger partial charge >= 0.3 is 0 Å². The maximum absolute atomic E-state index is 13.8. The van der Waals surface area contributed by atoms with Crippen molar-refractivity contribution in [3.63, 3.8) is 0 Å². The van der Waals surface area contributed by atoms with Gasteiger partial charge in [-0.1, -0.05) is 18.2 Å². The Morgan fingerprint density at radius 3 is 2.86 bits per heavy atom. The molecule has 5 aromatic rings. The van der Waals surface area contributed by atoms with E-state index in [0.717, 1.165) is 22.2 Å². The summed E-state index contributed by atoms with van der Waals surface area (Å²) in [5, 5.41) is 13.0. The first-order chi connectivity index (χ1) is 18.6. The number of hydrogen-bond donors (Lipinski definition) is 3. The van der Waals surface area contributed by atoms with Gasteiger partial charge in [-0.15, -0.1) is 10.2 Å². The Morgan fingerprint density at radius 1 is 1.17 bits per heavy atom. The minimum Gasteiger partial charge on any atom is -0.423 e. The first-order valence-electron chi connectivity index (χ1n) is 13.1. The first-order valence-corrected chi connectivity index (χ1v) is 11.6. The lowest BCUT2D eigenvalue weighted by Gasteiger charge is -2.39. The number of hydrogen-bond acceptors (Lipinski definition) is 7. The van der Waals surface area contributed by atoms with Crippen molar-refractivity contribution in [3.05, 3.63) is 83.0 Å². The van der Waals surface area contributed by atoms with Crippen molar-refractivity contribution >= 4 is 10.9 Å². The molecular weight excluding hydrogens is 461 g/mol. The molecule has 1 aromatic carbocycles. The molecule has 1 aliphatic heterocycles. The van der Waals surface area contributed by atoms with Crippen LogP contribution in [0.2, 0.25) is 0 Å². The average molecular weight is 491 g/mol. The van der Waals surface area contributed by atoms with Gasteiger partial charge in [-0.25, -0.2) is 14.4 Å². The van der Waals surface area contributed by atoms with Crippen LogP contribution in [0.4, 0.5) is 4.39 Å². The molecule has 0 radical (unpaired) electrons. The highest BCUT2D eigenvalue weighted by molar-refractivity contribution is 5.85. The number of ether oxygens (including phenoxy) is 1. The van der Waals surface area contributed by atoms with Gasteiger partial charge in [-0.05, 0) is 44.0 Å². The lowest BCUT2D eigenvalue weighted by Crippen LogP contribution is -2.53. The van der Waals surface area contributed by atoms with Crippen LogP contribution < -0.4 is 5.32 Å².